The molecule has 0 bridgehead atoms. The average molecular weight is 404 g/mol. The molecule has 1 aromatic heterocycles. The number of benzene rings is 3. The van der Waals surface area contributed by atoms with Crippen molar-refractivity contribution in [3.05, 3.63) is 99.1 Å². The lowest BCUT2D eigenvalue weighted by Crippen LogP contribution is -2.22. The first kappa shape index (κ1) is 17.4. The molecule has 4 aromatic rings. The van der Waals surface area contributed by atoms with Crippen molar-refractivity contribution in [3.8, 4) is 17.1 Å². The highest BCUT2D eigenvalue weighted by Crippen LogP contribution is 2.40. The molecular weight excluding hydrogens is 390 g/mol. The van der Waals surface area contributed by atoms with E-state index in [1.165, 1.54) is 12.1 Å². The minimum absolute atomic E-state index is 0.0292. The highest BCUT2D eigenvalue weighted by atomic mass is 35.5. The van der Waals surface area contributed by atoms with Gasteiger partial charge in [-0.1, -0.05) is 41.9 Å². The Balaban J connectivity index is 1.66. The van der Waals surface area contributed by atoms with Crippen LogP contribution in [0.1, 0.15) is 17.2 Å². The summed E-state index contributed by atoms with van der Waals surface area (Å²) < 4.78 is 1.91. The summed E-state index contributed by atoms with van der Waals surface area (Å²) in [5.41, 5.74) is 3.76. The van der Waals surface area contributed by atoms with Crippen molar-refractivity contribution in [3.63, 3.8) is 0 Å². The largest absolute Gasteiger partial charge is 0.343 e. The predicted molar refractivity (Wildman–Crippen MR) is 110 cm³/mol. The molecule has 142 valence electrons. The van der Waals surface area contributed by atoms with Crippen LogP contribution in [0.4, 0.5) is 11.6 Å². The number of anilines is 1. The third-order valence-electron chi connectivity index (χ3n) is 4.95. The third kappa shape index (κ3) is 2.92. The van der Waals surface area contributed by atoms with Crippen molar-refractivity contribution in [2.45, 2.75) is 6.04 Å². The van der Waals surface area contributed by atoms with Crippen LogP contribution in [-0.2, 0) is 0 Å². The van der Waals surface area contributed by atoms with Gasteiger partial charge in [0.1, 0.15) is 0 Å². The second-order valence-corrected chi connectivity index (χ2v) is 7.11. The molecule has 1 aliphatic rings. The lowest BCUT2D eigenvalue weighted by Gasteiger charge is -2.29. The first-order valence-electron chi connectivity index (χ1n) is 8.93. The zero-order valence-corrected chi connectivity index (χ0v) is 15.7. The van der Waals surface area contributed by atoms with E-state index >= 15 is 0 Å². The Morgan fingerprint density at radius 1 is 1.00 bits per heavy atom. The molecule has 7 nitrogen and oxygen atoms in total. The molecule has 0 spiro atoms. The molecule has 0 saturated heterocycles. The van der Waals surface area contributed by atoms with E-state index in [4.69, 9.17) is 11.6 Å². The first-order chi connectivity index (χ1) is 14.1. The summed E-state index contributed by atoms with van der Waals surface area (Å²) in [6.07, 6.45) is 0. The van der Waals surface area contributed by atoms with Crippen molar-refractivity contribution in [1.82, 2.24) is 14.8 Å². The molecule has 0 fully saturated rings. The second kappa shape index (κ2) is 6.72. The highest BCUT2D eigenvalue weighted by Gasteiger charge is 2.29. The van der Waals surface area contributed by atoms with Crippen LogP contribution < -0.4 is 5.32 Å². The Hall–Kier alpha value is -3.71. The van der Waals surface area contributed by atoms with Crippen LogP contribution in [0.25, 0.3) is 17.1 Å². The normalized spacial score (nSPS) is 14.6. The van der Waals surface area contributed by atoms with Crippen LogP contribution >= 0.6 is 11.6 Å². The van der Waals surface area contributed by atoms with Crippen LogP contribution in [0.2, 0.25) is 5.02 Å². The van der Waals surface area contributed by atoms with Gasteiger partial charge in [0.25, 0.3) is 5.69 Å². The van der Waals surface area contributed by atoms with Crippen molar-refractivity contribution in [2.24, 2.45) is 0 Å². The predicted octanol–water partition coefficient (Wildman–Crippen LogP) is 5.01. The van der Waals surface area contributed by atoms with Gasteiger partial charge in [0.05, 0.1) is 16.7 Å². The van der Waals surface area contributed by atoms with E-state index in [2.05, 4.69) is 15.5 Å². The van der Waals surface area contributed by atoms with E-state index < -0.39 is 4.92 Å². The Morgan fingerprint density at radius 3 is 2.48 bits per heavy atom. The maximum atomic E-state index is 10.9. The standard InChI is InChI=1S/C21H14ClN5O2/c22-15-8-11-18-17(12-15)19(13-4-2-1-3-5-13)23-21-25-24-20(26(18)21)14-6-9-16(10-7-14)27(28)29/h1-12,19H,(H,23,25). The van der Waals surface area contributed by atoms with Gasteiger partial charge in [-0.25, -0.2) is 0 Å². The molecule has 29 heavy (non-hydrogen) atoms. The lowest BCUT2D eigenvalue weighted by atomic mass is 9.95. The van der Waals surface area contributed by atoms with Gasteiger partial charge in [0.15, 0.2) is 5.82 Å². The van der Waals surface area contributed by atoms with Crippen LogP contribution in [-0.4, -0.2) is 19.7 Å². The van der Waals surface area contributed by atoms with Gasteiger partial charge in [-0.2, -0.15) is 0 Å². The fourth-order valence-corrected chi connectivity index (χ4v) is 3.78. The molecule has 1 unspecified atom stereocenters. The van der Waals surface area contributed by atoms with Gasteiger partial charge < -0.3 is 5.32 Å². The monoisotopic (exact) mass is 403 g/mol. The van der Waals surface area contributed by atoms with Gasteiger partial charge in [0.2, 0.25) is 5.95 Å². The number of hydrogen-bond donors (Lipinski definition) is 1. The summed E-state index contributed by atoms with van der Waals surface area (Å²) in [6, 6.07) is 21.9. The number of fused-ring (bicyclic) bond motifs is 3. The van der Waals surface area contributed by atoms with Crippen molar-refractivity contribution >= 4 is 23.2 Å². The summed E-state index contributed by atoms with van der Waals surface area (Å²) >= 11 is 6.30. The van der Waals surface area contributed by atoms with Gasteiger partial charge in [-0.15, -0.1) is 10.2 Å². The number of nitro benzene ring substituents is 1. The lowest BCUT2D eigenvalue weighted by molar-refractivity contribution is -0.384. The van der Waals surface area contributed by atoms with E-state index in [-0.39, 0.29) is 11.7 Å². The highest BCUT2D eigenvalue weighted by molar-refractivity contribution is 6.30. The van der Waals surface area contributed by atoms with Crippen molar-refractivity contribution in [2.75, 3.05) is 5.32 Å². The number of rotatable bonds is 3. The molecule has 0 saturated carbocycles. The maximum Gasteiger partial charge on any atom is 0.269 e. The van der Waals surface area contributed by atoms with Crippen LogP contribution in [0.15, 0.2) is 72.8 Å². The molecular formula is C21H14ClN5O2. The van der Waals surface area contributed by atoms with E-state index in [1.807, 2.05) is 53.1 Å². The minimum atomic E-state index is -0.424. The molecule has 5 rings (SSSR count). The third-order valence-corrected chi connectivity index (χ3v) is 5.18. The summed E-state index contributed by atoms with van der Waals surface area (Å²) in [5.74, 6) is 1.19. The summed E-state index contributed by atoms with van der Waals surface area (Å²) in [7, 11) is 0. The van der Waals surface area contributed by atoms with Gasteiger partial charge in [-0.05, 0) is 35.9 Å². The van der Waals surface area contributed by atoms with Crippen LogP contribution in [0.5, 0.6) is 0 Å². The molecule has 0 amide bonds. The Bertz CT molecular complexity index is 1220. The molecule has 2 heterocycles. The molecule has 3 aromatic carbocycles. The molecule has 1 aliphatic heterocycles. The number of nitro groups is 1. The van der Waals surface area contributed by atoms with E-state index in [0.29, 0.717) is 16.8 Å². The van der Waals surface area contributed by atoms with Crippen LogP contribution in [0, 0.1) is 10.1 Å². The first-order valence-corrected chi connectivity index (χ1v) is 9.31. The Labute approximate surface area is 170 Å². The number of nitrogens with zero attached hydrogens (tertiary/aromatic N) is 4. The number of hydrogen-bond acceptors (Lipinski definition) is 5. The Morgan fingerprint density at radius 2 is 1.76 bits per heavy atom. The minimum Gasteiger partial charge on any atom is -0.343 e. The van der Waals surface area contributed by atoms with Crippen molar-refractivity contribution < 1.29 is 4.92 Å². The van der Waals surface area contributed by atoms with E-state index in [0.717, 1.165) is 22.4 Å². The van der Waals surface area contributed by atoms with Crippen molar-refractivity contribution in [1.29, 1.82) is 0 Å². The maximum absolute atomic E-state index is 10.9. The van der Waals surface area contributed by atoms with E-state index in [1.54, 1.807) is 12.1 Å². The number of halogens is 1. The quantitative estimate of drug-likeness (QED) is 0.384. The fraction of sp³-hybridized carbons (Fsp3) is 0.0476. The summed E-state index contributed by atoms with van der Waals surface area (Å²) in [6.45, 7) is 0. The molecule has 1 N–H and O–H groups in total. The fourth-order valence-electron chi connectivity index (χ4n) is 3.60. The zero-order valence-electron chi connectivity index (χ0n) is 15.0. The summed E-state index contributed by atoms with van der Waals surface area (Å²) in [5, 5.41) is 23.7. The molecule has 0 radical (unpaired) electrons. The Kier molecular flexibility index (Phi) is 4.03. The molecule has 8 heteroatoms. The van der Waals surface area contributed by atoms with E-state index in [9.17, 15) is 10.1 Å². The van der Waals surface area contributed by atoms with Crippen LogP contribution in [0.3, 0.4) is 0 Å². The second-order valence-electron chi connectivity index (χ2n) is 6.68. The number of aromatic nitrogens is 3. The molecule has 0 aliphatic carbocycles. The SMILES string of the molecule is O=[N+]([O-])c1ccc(-c2nnc3n2-c2ccc(Cl)cc2C(c2ccccc2)N3)cc1. The van der Waals surface area contributed by atoms with Gasteiger partial charge in [0, 0.05) is 28.3 Å². The number of nitrogens with one attached hydrogen (secondary N) is 1. The topological polar surface area (TPSA) is 85.9 Å². The summed E-state index contributed by atoms with van der Waals surface area (Å²) in [4.78, 5) is 10.5. The van der Waals surface area contributed by atoms with Gasteiger partial charge >= 0.3 is 0 Å². The average Bonchev–Trinajstić information content (AvgIpc) is 3.18. The zero-order chi connectivity index (χ0) is 20.0. The van der Waals surface area contributed by atoms with Gasteiger partial charge in [-0.3, -0.25) is 14.7 Å². The molecule has 1 atom stereocenters. The smallest absolute Gasteiger partial charge is 0.269 e. The number of non-ortho nitro benzene ring substituents is 1.